The number of aromatic nitrogens is 3. The van der Waals surface area contributed by atoms with Crippen molar-refractivity contribution in [1.29, 1.82) is 0 Å². The fourth-order valence-electron chi connectivity index (χ4n) is 1.97. The van der Waals surface area contributed by atoms with Crippen LogP contribution in [0.4, 0.5) is 0 Å². The van der Waals surface area contributed by atoms with E-state index in [4.69, 9.17) is 5.11 Å². The molecule has 0 radical (unpaired) electrons. The zero-order valence-electron chi connectivity index (χ0n) is 9.82. The third kappa shape index (κ3) is 2.10. The van der Waals surface area contributed by atoms with E-state index in [9.17, 15) is 0 Å². The molecule has 0 spiro atoms. The summed E-state index contributed by atoms with van der Waals surface area (Å²) in [5, 5.41) is 14.7. The molecule has 0 amide bonds. The predicted octanol–water partition coefficient (Wildman–Crippen LogP) is 1.97. The lowest BCUT2D eigenvalue weighted by molar-refractivity contribution is 0.282. The van der Waals surface area contributed by atoms with Crippen molar-refractivity contribution >= 4 is 10.9 Å². The molecule has 0 aliphatic rings. The van der Waals surface area contributed by atoms with Gasteiger partial charge in [-0.15, -0.1) is 0 Å². The Labute approximate surface area is 105 Å². The second kappa shape index (κ2) is 4.58. The smallest absolute Gasteiger partial charge is 0.0927 e. The lowest BCUT2D eigenvalue weighted by atomic mass is 10.2. The van der Waals surface area contributed by atoms with Crippen LogP contribution in [0.1, 0.15) is 11.1 Å². The molecule has 1 aromatic carbocycles. The van der Waals surface area contributed by atoms with Crippen LogP contribution in [0.3, 0.4) is 0 Å². The minimum atomic E-state index is 0.0470. The lowest BCUT2D eigenvalue weighted by Gasteiger charge is -1.99. The van der Waals surface area contributed by atoms with Gasteiger partial charge in [-0.1, -0.05) is 18.2 Å². The molecule has 4 nitrogen and oxygen atoms in total. The van der Waals surface area contributed by atoms with Crippen LogP contribution in [0, 0.1) is 0 Å². The Morgan fingerprint density at radius 1 is 1.17 bits per heavy atom. The van der Waals surface area contributed by atoms with Crippen molar-refractivity contribution in [2.45, 2.75) is 13.2 Å². The number of nitrogens with zero attached hydrogens (tertiary/aromatic N) is 3. The molecule has 0 saturated heterocycles. The average molecular weight is 239 g/mol. The second-order valence-electron chi connectivity index (χ2n) is 4.24. The first-order valence-corrected chi connectivity index (χ1v) is 5.81. The number of aliphatic hydroxyl groups is 1. The first-order chi connectivity index (χ1) is 8.85. The van der Waals surface area contributed by atoms with E-state index < -0.39 is 0 Å². The molecule has 0 saturated carbocycles. The highest BCUT2D eigenvalue weighted by Gasteiger charge is 2.02. The van der Waals surface area contributed by atoms with E-state index in [1.165, 1.54) is 0 Å². The Morgan fingerprint density at radius 2 is 2.11 bits per heavy atom. The third-order valence-corrected chi connectivity index (χ3v) is 2.87. The van der Waals surface area contributed by atoms with E-state index in [1.54, 1.807) is 6.20 Å². The summed E-state index contributed by atoms with van der Waals surface area (Å²) in [5.74, 6) is 0. The van der Waals surface area contributed by atoms with E-state index in [-0.39, 0.29) is 6.61 Å². The largest absolute Gasteiger partial charge is 0.392 e. The van der Waals surface area contributed by atoms with Crippen LogP contribution in [0.25, 0.3) is 10.9 Å². The summed E-state index contributed by atoms with van der Waals surface area (Å²) in [7, 11) is 0. The summed E-state index contributed by atoms with van der Waals surface area (Å²) < 4.78 is 1.89. The standard InChI is InChI=1S/C14H13N3O/c18-10-11-3-4-13-9-17(16-14(13)6-11)8-12-2-1-5-15-7-12/h1-7,9,18H,8,10H2. The number of rotatable bonds is 3. The highest BCUT2D eigenvalue weighted by atomic mass is 16.3. The topological polar surface area (TPSA) is 50.9 Å². The van der Waals surface area contributed by atoms with E-state index >= 15 is 0 Å². The number of hydrogen-bond acceptors (Lipinski definition) is 3. The molecule has 0 aliphatic heterocycles. The van der Waals surface area contributed by atoms with Gasteiger partial charge in [-0.2, -0.15) is 5.10 Å². The Bertz CT molecular complexity index is 661. The van der Waals surface area contributed by atoms with Gasteiger partial charge in [0.15, 0.2) is 0 Å². The van der Waals surface area contributed by atoms with Gasteiger partial charge < -0.3 is 5.11 Å². The second-order valence-corrected chi connectivity index (χ2v) is 4.24. The maximum absolute atomic E-state index is 9.10. The van der Waals surface area contributed by atoms with Crippen LogP contribution in [-0.2, 0) is 13.2 Å². The van der Waals surface area contributed by atoms with Gasteiger partial charge in [0.1, 0.15) is 0 Å². The summed E-state index contributed by atoms with van der Waals surface area (Å²) in [4.78, 5) is 4.09. The number of hydrogen-bond donors (Lipinski definition) is 1. The molecule has 3 rings (SSSR count). The van der Waals surface area contributed by atoms with Crippen molar-refractivity contribution in [3.05, 3.63) is 60.0 Å². The van der Waals surface area contributed by atoms with Crippen molar-refractivity contribution < 1.29 is 5.11 Å². The molecule has 3 aromatic rings. The maximum atomic E-state index is 9.10. The fraction of sp³-hybridized carbons (Fsp3) is 0.143. The van der Waals surface area contributed by atoms with Crippen LogP contribution in [0.15, 0.2) is 48.9 Å². The molecule has 2 aromatic heterocycles. The van der Waals surface area contributed by atoms with Gasteiger partial charge >= 0.3 is 0 Å². The van der Waals surface area contributed by atoms with E-state index in [0.29, 0.717) is 6.54 Å². The summed E-state index contributed by atoms with van der Waals surface area (Å²) in [6.45, 7) is 0.752. The molecular weight excluding hydrogens is 226 g/mol. The van der Waals surface area contributed by atoms with Gasteiger partial charge in [0.2, 0.25) is 0 Å². The Balaban J connectivity index is 1.94. The monoisotopic (exact) mass is 239 g/mol. The molecule has 0 atom stereocenters. The summed E-state index contributed by atoms with van der Waals surface area (Å²) in [6, 6.07) is 9.75. The molecule has 18 heavy (non-hydrogen) atoms. The van der Waals surface area contributed by atoms with Crippen LogP contribution in [0.5, 0.6) is 0 Å². The third-order valence-electron chi connectivity index (χ3n) is 2.87. The Hall–Kier alpha value is -2.20. The number of fused-ring (bicyclic) bond motifs is 1. The first kappa shape index (κ1) is 10.9. The maximum Gasteiger partial charge on any atom is 0.0927 e. The van der Waals surface area contributed by atoms with Gasteiger partial charge in [0.05, 0.1) is 18.7 Å². The molecule has 0 unspecified atom stereocenters. The SMILES string of the molecule is OCc1ccc2cn(Cc3cccnc3)nc2c1. The Morgan fingerprint density at radius 3 is 2.89 bits per heavy atom. The number of aliphatic hydroxyl groups excluding tert-OH is 1. The molecule has 4 heteroatoms. The highest BCUT2D eigenvalue weighted by molar-refractivity contribution is 5.78. The molecule has 0 bridgehead atoms. The summed E-state index contributed by atoms with van der Waals surface area (Å²) in [6.07, 6.45) is 5.60. The van der Waals surface area contributed by atoms with Crippen molar-refractivity contribution in [3.63, 3.8) is 0 Å². The molecule has 1 N–H and O–H groups in total. The van der Waals surface area contributed by atoms with E-state index in [1.807, 2.05) is 47.4 Å². The quantitative estimate of drug-likeness (QED) is 0.760. The number of benzene rings is 1. The van der Waals surface area contributed by atoms with Crippen LogP contribution >= 0.6 is 0 Å². The Kier molecular flexibility index (Phi) is 2.78. The molecule has 0 fully saturated rings. The van der Waals surface area contributed by atoms with Crippen LogP contribution in [0.2, 0.25) is 0 Å². The van der Waals surface area contributed by atoms with Crippen molar-refractivity contribution in [3.8, 4) is 0 Å². The van der Waals surface area contributed by atoms with Crippen LogP contribution < -0.4 is 0 Å². The van der Waals surface area contributed by atoms with Gasteiger partial charge in [-0.25, -0.2) is 0 Å². The molecular formula is C14H13N3O. The summed E-state index contributed by atoms with van der Waals surface area (Å²) >= 11 is 0. The van der Waals surface area contributed by atoms with Gasteiger partial charge in [0.25, 0.3) is 0 Å². The lowest BCUT2D eigenvalue weighted by Crippen LogP contribution is -1.99. The van der Waals surface area contributed by atoms with Gasteiger partial charge in [-0.3, -0.25) is 9.67 Å². The fourth-order valence-corrected chi connectivity index (χ4v) is 1.97. The zero-order valence-corrected chi connectivity index (χ0v) is 9.82. The molecule has 90 valence electrons. The molecule has 0 aliphatic carbocycles. The van der Waals surface area contributed by atoms with Crippen molar-refractivity contribution in [2.24, 2.45) is 0 Å². The first-order valence-electron chi connectivity index (χ1n) is 5.81. The van der Waals surface area contributed by atoms with Crippen LogP contribution in [-0.4, -0.2) is 19.9 Å². The predicted molar refractivity (Wildman–Crippen MR) is 69.0 cm³/mol. The van der Waals surface area contributed by atoms with Crippen molar-refractivity contribution in [2.75, 3.05) is 0 Å². The minimum Gasteiger partial charge on any atom is -0.392 e. The highest BCUT2D eigenvalue weighted by Crippen LogP contribution is 2.15. The van der Waals surface area contributed by atoms with E-state index in [2.05, 4.69) is 10.1 Å². The zero-order chi connectivity index (χ0) is 12.4. The van der Waals surface area contributed by atoms with Gasteiger partial charge in [0, 0.05) is 24.0 Å². The normalized spacial score (nSPS) is 10.9. The minimum absolute atomic E-state index is 0.0470. The summed E-state index contributed by atoms with van der Waals surface area (Å²) in [5.41, 5.74) is 2.91. The number of pyridine rings is 1. The average Bonchev–Trinajstić information content (AvgIpc) is 2.80. The molecule has 2 heterocycles. The van der Waals surface area contributed by atoms with Gasteiger partial charge in [-0.05, 0) is 23.3 Å². The van der Waals surface area contributed by atoms with E-state index in [0.717, 1.165) is 22.0 Å². The van der Waals surface area contributed by atoms with Crippen molar-refractivity contribution in [1.82, 2.24) is 14.8 Å².